The van der Waals surface area contributed by atoms with Crippen molar-refractivity contribution in [2.45, 2.75) is 39.2 Å². The third-order valence-corrected chi connectivity index (χ3v) is 1.94. The second-order valence-corrected chi connectivity index (χ2v) is 3.00. The van der Waals surface area contributed by atoms with Gasteiger partial charge in [0.25, 0.3) is 0 Å². The Labute approximate surface area is 63.4 Å². The minimum atomic E-state index is -0.169. The van der Waals surface area contributed by atoms with Gasteiger partial charge >= 0.3 is 0 Å². The molecule has 0 saturated carbocycles. The fraction of sp³-hybridized carbons (Fsp3) is 1.00. The van der Waals surface area contributed by atoms with E-state index in [4.69, 9.17) is 10.8 Å². The molecule has 0 amide bonds. The van der Waals surface area contributed by atoms with Crippen molar-refractivity contribution in [2.75, 3.05) is 6.54 Å². The lowest BCUT2D eigenvalue weighted by Gasteiger charge is -2.13. The zero-order valence-corrected chi connectivity index (χ0v) is 7.01. The van der Waals surface area contributed by atoms with E-state index in [0.29, 0.717) is 5.92 Å². The lowest BCUT2D eigenvalue weighted by atomic mass is 9.99. The Morgan fingerprint density at radius 1 is 1.30 bits per heavy atom. The van der Waals surface area contributed by atoms with Crippen LogP contribution in [0.15, 0.2) is 0 Å². The lowest BCUT2D eigenvalue weighted by Crippen LogP contribution is -2.13. The molecule has 62 valence electrons. The zero-order valence-electron chi connectivity index (χ0n) is 7.01. The van der Waals surface area contributed by atoms with E-state index in [1.165, 1.54) is 0 Å². The van der Waals surface area contributed by atoms with Crippen LogP contribution in [0.2, 0.25) is 0 Å². The Hall–Kier alpha value is -0.0800. The molecule has 0 aromatic carbocycles. The molecule has 0 aliphatic carbocycles. The fourth-order valence-electron chi connectivity index (χ4n) is 0.852. The maximum absolute atomic E-state index is 9.09. The van der Waals surface area contributed by atoms with E-state index >= 15 is 0 Å². The van der Waals surface area contributed by atoms with E-state index in [2.05, 4.69) is 6.92 Å². The van der Waals surface area contributed by atoms with Crippen molar-refractivity contribution in [3.8, 4) is 0 Å². The van der Waals surface area contributed by atoms with Gasteiger partial charge in [0.05, 0.1) is 6.10 Å². The topological polar surface area (TPSA) is 46.2 Å². The quantitative estimate of drug-likeness (QED) is 0.570. The molecule has 0 aliphatic rings. The molecule has 0 radical (unpaired) electrons. The van der Waals surface area contributed by atoms with Crippen LogP contribution in [0.1, 0.15) is 33.1 Å². The molecule has 0 aromatic rings. The van der Waals surface area contributed by atoms with Gasteiger partial charge in [-0.2, -0.15) is 0 Å². The number of hydrogen-bond donors (Lipinski definition) is 2. The highest BCUT2D eigenvalue weighted by molar-refractivity contribution is 4.58. The molecule has 0 saturated heterocycles. The van der Waals surface area contributed by atoms with Crippen LogP contribution in [-0.4, -0.2) is 17.8 Å². The molecule has 0 bridgehead atoms. The van der Waals surface area contributed by atoms with Gasteiger partial charge in [0, 0.05) is 0 Å². The Balaban J connectivity index is 3.13. The van der Waals surface area contributed by atoms with Crippen LogP contribution in [0.3, 0.4) is 0 Å². The van der Waals surface area contributed by atoms with Crippen LogP contribution < -0.4 is 5.73 Å². The summed E-state index contributed by atoms with van der Waals surface area (Å²) >= 11 is 0. The van der Waals surface area contributed by atoms with Gasteiger partial charge in [-0.05, 0) is 32.2 Å². The van der Waals surface area contributed by atoms with Crippen LogP contribution in [0, 0.1) is 5.92 Å². The monoisotopic (exact) mass is 145 g/mol. The highest BCUT2D eigenvalue weighted by Gasteiger charge is 2.06. The van der Waals surface area contributed by atoms with Crippen molar-refractivity contribution in [1.29, 1.82) is 0 Å². The first-order chi connectivity index (χ1) is 4.68. The third-order valence-electron chi connectivity index (χ3n) is 1.94. The summed E-state index contributed by atoms with van der Waals surface area (Å²) in [7, 11) is 0. The van der Waals surface area contributed by atoms with Crippen molar-refractivity contribution in [2.24, 2.45) is 11.7 Å². The van der Waals surface area contributed by atoms with Crippen molar-refractivity contribution in [3.05, 3.63) is 0 Å². The van der Waals surface area contributed by atoms with E-state index in [-0.39, 0.29) is 6.10 Å². The zero-order chi connectivity index (χ0) is 7.98. The van der Waals surface area contributed by atoms with Gasteiger partial charge in [0.15, 0.2) is 0 Å². The summed E-state index contributed by atoms with van der Waals surface area (Å²) in [6, 6.07) is 0. The Morgan fingerprint density at radius 2 is 1.90 bits per heavy atom. The molecule has 10 heavy (non-hydrogen) atoms. The summed E-state index contributed by atoms with van der Waals surface area (Å²) in [5.74, 6) is 0.423. The highest BCUT2D eigenvalue weighted by atomic mass is 16.3. The number of aliphatic hydroxyl groups excluding tert-OH is 1. The number of unbranched alkanes of at least 4 members (excludes halogenated alkanes) is 1. The summed E-state index contributed by atoms with van der Waals surface area (Å²) < 4.78 is 0. The summed E-state index contributed by atoms with van der Waals surface area (Å²) in [5.41, 5.74) is 5.33. The number of hydrogen-bond acceptors (Lipinski definition) is 2. The first-order valence-electron chi connectivity index (χ1n) is 4.06. The van der Waals surface area contributed by atoms with E-state index in [0.717, 1.165) is 25.8 Å². The Bertz CT molecular complexity index is 73.7. The summed E-state index contributed by atoms with van der Waals surface area (Å²) in [6.45, 7) is 4.68. The summed E-state index contributed by atoms with van der Waals surface area (Å²) in [6.07, 6.45) is 3.15. The van der Waals surface area contributed by atoms with Gasteiger partial charge in [-0.1, -0.05) is 13.3 Å². The highest BCUT2D eigenvalue weighted by Crippen LogP contribution is 2.10. The van der Waals surface area contributed by atoms with Gasteiger partial charge in [-0.25, -0.2) is 0 Å². The first kappa shape index (κ1) is 9.92. The molecule has 0 heterocycles. The molecule has 2 atom stereocenters. The van der Waals surface area contributed by atoms with Gasteiger partial charge in [0.2, 0.25) is 0 Å². The van der Waals surface area contributed by atoms with Crippen molar-refractivity contribution in [3.63, 3.8) is 0 Å². The minimum absolute atomic E-state index is 0.169. The molecule has 0 aromatic heterocycles. The Kier molecular flexibility index (Phi) is 5.64. The fourth-order valence-corrected chi connectivity index (χ4v) is 0.852. The average molecular weight is 145 g/mol. The van der Waals surface area contributed by atoms with E-state index < -0.39 is 0 Å². The average Bonchev–Trinajstić information content (AvgIpc) is 1.88. The molecule has 2 heteroatoms. The van der Waals surface area contributed by atoms with E-state index in [9.17, 15) is 0 Å². The van der Waals surface area contributed by atoms with Crippen molar-refractivity contribution in [1.82, 2.24) is 0 Å². The molecular formula is C8H19NO. The number of nitrogens with two attached hydrogens (primary N) is 1. The summed E-state index contributed by atoms with van der Waals surface area (Å²) in [4.78, 5) is 0. The standard InChI is InChI=1S/C8H19NO/c1-7(8(2)10)5-3-4-6-9/h7-8,10H,3-6,9H2,1-2H3/t7-,8?/m1/s1. The van der Waals surface area contributed by atoms with Crippen LogP contribution in [0.5, 0.6) is 0 Å². The van der Waals surface area contributed by atoms with Crippen LogP contribution in [0.4, 0.5) is 0 Å². The van der Waals surface area contributed by atoms with E-state index in [1.807, 2.05) is 6.92 Å². The maximum Gasteiger partial charge on any atom is 0.0537 e. The summed E-state index contributed by atoms with van der Waals surface area (Å²) in [5, 5.41) is 9.09. The molecular weight excluding hydrogens is 126 g/mol. The van der Waals surface area contributed by atoms with E-state index in [1.54, 1.807) is 0 Å². The maximum atomic E-state index is 9.09. The molecule has 0 fully saturated rings. The first-order valence-corrected chi connectivity index (χ1v) is 4.06. The minimum Gasteiger partial charge on any atom is -0.393 e. The molecule has 2 nitrogen and oxygen atoms in total. The molecule has 1 unspecified atom stereocenters. The third kappa shape index (κ3) is 4.77. The molecule has 0 spiro atoms. The van der Waals surface area contributed by atoms with Gasteiger partial charge < -0.3 is 10.8 Å². The van der Waals surface area contributed by atoms with Crippen LogP contribution >= 0.6 is 0 Å². The van der Waals surface area contributed by atoms with Crippen LogP contribution in [-0.2, 0) is 0 Å². The number of rotatable bonds is 5. The molecule has 0 rings (SSSR count). The number of aliphatic hydroxyl groups is 1. The smallest absolute Gasteiger partial charge is 0.0537 e. The molecule has 0 aliphatic heterocycles. The van der Waals surface area contributed by atoms with Gasteiger partial charge in [-0.15, -0.1) is 0 Å². The lowest BCUT2D eigenvalue weighted by molar-refractivity contribution is 0.128. The second-order valence-electron chi connectivity index (χ2n) is 3.00. The van der Waals surface area contributed by atoms with Gasteiger partial charge in [0.1, 0.15) is 0 Å². The predicted molar refractivity (Wildman–Crippen MR) is 43.8 cm³/mol. The molecule has 3 N–H and O–H groups in total. The van der Waals surface area contributed by atoms with Crippen molar-refractivity contribution < 1.29 is 5.11 Å². The Morgan fingerprint density at radius 3 is 2.30 bits per heavy atom. The van der Waals surface area contributed by atoms with Gasteiger partial charge in [-0.3, -0.25) is 0 Å². The largest absolute Gasteiger partial charge is 0.393 e. The SMILES string of the molecule is CC(O)[C@H](C)CCCCN. The predicted octanol–water partition coefficient (Wildman–Crippen LogP) is 1.13. The van der Waals surface area contributed by atoms with Crippen molar-refractivity contribution >= 4 is 0 Å². The second kappa shape index (κ2) is 5.69. The normalized spacial score (nSPS) is 16.8. The van der Waals surface area contributed by atoms with Crippen LogP contribution in [0.25, 0.3) is 0 Å².